The van der Waals surface area contributed by atoms with E-state index >= 15 is 0 Å². The highest BCUT2D eigenvalue weighted by Gasteiger charge is 2.23. The summed E-state index contributed by atoms with van der Waals surface area (Å²) in [6.45, 7) is 3.78. The van der Waals surface area contributed by atoms with E-state index in [1.807, 2.05) is 24.8 Å². The van der Waals surface area contributed by atoms with Crippen LogP contribution in [0.15, 0.2) is 33.9 Å². The number of fused-ring (bicyclic) bond motifs is 1. The van der Waals surface area contributed by atoms with E-state index in [-0.39, 0.29) is 22.4 Å². The van der Waals surface area contributed by atoms with E-state index in [1.54, 1.807) is 25.2 Å². The van der Waals surface area contributed by atoms with Crippen LogP contribution in [0, 0.1) is 6.92 Å². The molecule has 0 unspecified atom stereocenters. The third-order valence-electron chi connectivity index (χ3n) is 5.01. The van der Waals surface area contributed by atoms with Gasteiger partial charge < -0.3 is 14.6 Å². The number of ether oxygens (including phenoxy) is 1. The standard InChI is InChI=1S/C20H21ClN4O4/c1-10-8-12(16-13(9-10)18(26)25(4)20(28)23-16)11(2)24(3)14-6-7-15(21)22-17(14)19(27)29-5/h6-9,11H,1-5H3,(H,23,28)/t11-/m1/s1. The fraction of sp³-hybridized carbons (Fsp3) is 0.300. The summed E-state index contributed by atoms with van der Waals surface area (Å²) in [4.78, 5) is 45.7. The lowest BCUT2D eigenvalue weighted by Gasteiger charge is -2.29. The van der Waals surface area contributed by atoms with Gasteiger partial charge in [-0.25, -0.2) is 14.6 Å². The zero-order valence-electron chi connectivity index (χ0n) is 16.7. The maximum Gasteiger partial charge on any atom is 0.358 e. The maximum atomic E-state index is 12.6. The number of nitrogens with zero attached hydrogens (tertiary/aromatic N) is 3. The van der Waals surface area contributed by atoms with Crippen molar-refractivity contribution in [3.63, 3.8) is 0 Å². The summed E-state index contributed by atoms with van der Waals surface area (Å²) in [6.07, 6.45) is 0. The molecule has 9 heteroatoms. The lowest BCUT2D eigenvalue weighted by atomic mass is 10.00. The molecule has 3 rings (SSSR count). The Labute approximate surface area is 171 Å². The minimum Gasteiger partial charge on any atom is -0.464 e. The van der Waals surface area contributed by atoms with Crippen LogP contribution in [-0.2, 0) is 11.8 Å². The number of H-pyrrole nitrogens is 1. The fourth-order valence-electron chi connectivity index (χ4n) is 3.29. The third-order valence-corrected chi connectivity index (χ3v) is 5.23. The molecule has 0 bridgehead atoms. The first kappa shape index (κ1) is 20.6. The van der Waals surface area contributed by atoms with Crippen LogP contribution in [0.3, 0.4) is 0 Å². The first-order valence-corrected chi connectivity index (χ1v) is 9.24. The number of esters is 1. The van der Waals surface area contributed by atoms with E-state index in [9.17, 15) is 14.4 Å². The zero-order chi connectivity index (χ0) is 21.5. The van der Waals surface area contributed by atoms with Gasteiger partial charge in [-0.15, -0.1) is 0 Å². The molecule has 0 aliphatic rings. The number of aromatic nitrogens is 3. The number of carbonyl (C=O) groups excluding carboxylic acids is 1. The minimum absolute atomic E-state index is 0.0794. The summed E-state index contributed by atoms with van der Waals surface area (Å²) >= 11 is 5.95. The van der Waals surface area contributed by atoms with Crippen LogP contribution < -0.4 is 16.1 Å². The van der Waals surface area contributed by atoms with Crippen molar-refractivity contribution in [3.8, 4) is 0 Å². The second-order valence-corrected chi connectivity index (χ2v) is 7.24. The minimum atomic E-state index is -0.613. The van der Waals surface area contributed by atoms with Crippen LogP contribution in [0.5, 0.6) is 0 Å². The molecule has 0 aliphatic heterocycles. The average molecular weight is 417 g/mol. The number of nitrogens with one attached hydrogen (secondary N) is 1. The third kappa shape index (κ3) is 3.63. The van der Waals surface area contributed by atoms with Gasteiger partial charge in [0.05, 0.1) is 29.7 Å². The Morgan fingerprint density at radius 1 is 1.31 bits per heavy atom. The summed E-state index contributed by atoms with van der Waals surface area (Å²) in [5, 5.41) is 0.591. The number of pyridine rings is 1. The molecule has 0 aliphatic carbocycles. The number of benzene rings is 1. The first-order valence-electron chi connectivity index (χ1n) is 8.87. The van der Waals surface area contributed by atoms with E-state index in [2.05, 4.69) is 9.97 Å². The van der Waals surface area contributed by atoms with Crippen molar-refractivity contribution >= 4 is 34.2 Å². The second-order valence-electron chi connectivity index (χ2n) is 6.85. The Morgan fingerprint density at radius 2 is 2.00 bits per heavy atom. The van der Waals surface area contributed by atoms with Gasteiger partial charge >= 0.3 is 11.7 Å². The van der Waals surface area contributed by atoms with Crippen molar-refractivity contribution in [1.82, 2.24) is 14.5 Å². The van der Waals surface area contributed by atoms with Gasteiger partial charge in [-0.1, -0.05) is 17.7 Å². The SMILES string of the molecule is COC(=O)c1nc(Cl)ccc1N(C)[C@H](C)c1cc(C)cc2c(=O)n(C)c(=O)[nH]c12. The Morgan fingerprint density at radius 3 is 2.66 bits per heavy atom. The molecular formula is C20H21ClN4O4. The number of carbonyl (C=O) groups is 1. The molecule has 0 fully saturated rings. The Bertz CT molecular complexity index is 1230. The number of hydrogen-bond acceptors (Lipinski definition) is 6. The smallest absolute Gasteiger partial charge is 0.358 e. The molecule has 1 N–H and O–H groups in total. The van der Waals surface area contributed by atoms with E-state index in [1.165, 1.54) is 14.2 Å². The molecule has 0 saturated heterocycles. The molecule has 29 heavy (non-hydrogen) atoms. The van der Waals surface area contributed by atoms with E-state index < -0.39 is 11.7 Å². The van der Waals surface area contributed by atoms with Gasteiger partial charge in [-0.2, -0.15) is 0 Å². The van der Waals surface area contributed by atoms with E-state index in [0.717, 1.165) is 15.7 Å². The maximum absolute atomic E-state index is 12.6. The van der Waals surface area contributed by atoms with E-state index in [4.69, 9.17) is 16.3 Å². The van der Waals surface area contributed by atoms with Gasteiger partial charge in [-0.3, -0.25) is 9.36 Å². The molecule has 0 amide bonds. The van der Waals surface area contributed by atoms with Crippen molar-refractivity contribution in [2.24, 2.45) is 7.05 Å². The molecule has 152 valence electrons. The summed E-state index contributed by atoms with van der Waals surface area (Å²) in [7, 11) is 4.49. The number of aryl methyl sites for hydroxylation is 1. The predicted molar refractivity (Wildman–Crippen MR) is 112 cm³/mol. The van der Waals surface area contributed by atoms with Crippen LogP contribution in [0.25, 0.3) is 10.9 Å². The van der Waals surface area contributed by atoms with Gasteiger partial charge in [0.15, 0.2) is 5.69 Å². The van der Waals surface area contributed by atoms with Crippen LogP contribution in [0.4, 0.5) is 5.69 Å². The molecular weight excluding hydrogens is 396 g/mol. The number of aromatic amines is 1. The van der Waals surface area contributed by atoms with Gasteiger partial charge in [0, 0.05) is 14.1 Å². The summed E-state index contributed by atoms with van der Waals surface area (Å²) in [6, 6.07) is 6.59. The summed E-state index contributed by atoms with van der Waals surface area (Å²) in [5.41, 5.74) is 1.80. The first-order chi connectivity index (χ1) is 13.6. The summed E-state index contributed by atoms with van der Waals surface area (Å²) < 4.78 is 5.86. The van der Waals surface area contributed by atoms with Gasteiger partial charge in [-0.05, 0) is 43.2 Å². The molecule has 0 spiro atoms. The van der Waals surface area contributed by atoms with Gasteiger partial charge in [0.25, 0.3) is 5.56 Å². The number of halogens is 1. The molecule has 8 nitrogen and oxygen atoms in total. The predicted octanol–water partition coefficient (Wildman–Crippen LogP) is 2.57. The molecule has 0 saturated carbocycles. The van der Waals surface area contributed by atoms with Crippen molar-refractivity contribution in [2.45, 2.75) is 19.9 Å². The highest BCUT2D eigenvalue weighted by Crippen LogP contribution is 2.31. The lowest BCUT2D eigenvalue weighted by molar-refractivity contribution is 0.0594. The van der Waals surface area contributed by atoms with Gasteiger partial charge in [0.1, 0.15) is 5.15 Å². The van der Waals surface area contributed by atoms with Crippen LogP contribution in [0.1, 0.15) is 34.6 Å². The zero-order valence-corrected chi connectivity index (χ0v) is 17.5. The van der Waals surface area contributed by atoms with E-state index in [0.29, 0.717) is 16.6 Å². The molecule has 2 aromatic heterocycles. The highest BCUT2D eigenvalue weighted by molar-refractivity contribution is 6.29. The Balaban J connectivity index is 2.21. The quantitative estimate of drug-likeness (QED) is 0.518. The van der Waals surface area contributed by atoms with Gasteiger partial charge in [0.2, 0.25) is 0 Å². The number of rotatable bonds is 4. The van der Waals surface area contributed by atoms with Crippen molar-refractivity contribution in [3.05, 3.63) is 67.1 Å². The average Bonchev–Trinajstić information content (AvgIpc) is 2.70. The molecule has 0 radical (unpaired) electrons. The molecule has 1 aromatic carbocycles. The number of anilines is 1. The molecule has 2 heterocycles. The normalized spacial score (nSPS) is 12.1. The van der Waals surface area contributed by atoms with Crippen LogP contribution in [0.2, 0.25) is 5.15 Å². The monoisotopic (exact) mass is 416 g/mol. The van der Waals surface area contributed by atoms with Crippen LogP contribution >= 0.6 is 11.6 Å². The topological polar surface area (TPSA) is 97.3 Å². The lowest BCUT2D eigenvalue weighted by Crippen LogP contribution is -2.33. The van der Waals surface area contributed by atoms with Crippen LogP contribution in [-0.4, -0.2) is 34.7 Å². The molecule has 1 atom stereocenters. The largest absolute Gasteiger partial charge is 0.464 e. The fourth-order valence-corrected chi connectivity index (χ4v) is 3.44. The number of hydrogen-bond donors (Lipinski definition) is 1. The second kappa shape index (κ2) is 7.71. The summed E-state index contributed by atoms with van der Waals surface area (Å²) in [5.74, 6) is -0.613. The Kier molecular flexibility index (Phi) is 5.48. The number of methoxy groups -OCH3 is 1. The highest BCUT2D eigenvalue weighted by atomic mass is 35.5. The van der Waals surface area contributed by atoms with Crippen molar-refractivity contribution in [2.75, 3.05) is 19.1 Å². The Hall–Kier alpha value is -3.13. The van der Waals surface area contributed by atoms with Crippen molar-refractivity contribution in [1.29, 1.82) is 0 Å². The molecule has 3 aromatic rings. The van der Waals surface area contributed by atoms with Crippen molar-refractivity contribution < 1.29 is 9.53 Å².